The zero-order valence-electron chi connectivity index (χ0n) is 9.58. The Morgan fingerprint density at radius 3 is 2.11 bits per heavy atom. The number of hydrogen-bond donors (Lipinski definition) is 2. The maximum absolute atomic E-state index is 13.8. The Bertz CT molecular complexity index is 606. The summed E-state index contributed by atoms with van der Waals surface area (Å²) >= 11 is 4.28. The van der Waals surface area contributed by atoms with E-state index in [2.05, 4.69) is 15.9 Å². The van der Waals surface area contributed by atoms with Gasteiger partial charge in [-0.2, -0.15) is 0 Å². The third-order valence-electron chi connectivity index (χ3n) is 2.34. The molecule has 0 saturated carbocycles. The van der Waals surface area contributed by atoms with Gasteiger partial charge in [0.1, 0.15) is 17.5 Å². The molecule has 0 atom stereocenters. The quantitative estimate of drug-likeness (QED) is 0.649. The second-order valence-electron chi connectivity index (χ2n) is 3.74. The molecule has 0 aliphatic heterocycles. The zero-order chi connectivity index (χ0) is 14.0. The highest BCUT2D eigenvalue weighted by Gasteiger charge is 2.13. The van der Waals surface area contributed by atoms with E-state index in [4.69, 9.17) is 11.1 Å². The molecule has 0 unspecified atom stereocenters. The molecule has 0 saturated heterocycles. The molecule has 0 fully saturated rings. The smallest absolute Gasteiger partial charge is 0.140 e. The van der Waals surface area contributed by atoms with E-state index in [1.165, 1.54) is 0 Å². The number of nitrogens with one attached hydrogen (secondary N) is 1. The van der Waals surface area contributed by atoms with E-state index < -0.39 is 11.6 Å². The van der Waals surface area contributed by atoms with Crippen LogP contribution in [0.3, 0.4) is 0 Å². The third kappa shape index (κ3) is 3.33. The van der Waals surface area contributed by atoms with Crippen LogP contribution in [-0.4, -0.2) is 5.84 Å². The van der Waals surface area contributed by atoms with Gasteiger partial charge >= 0.3 is 0 Å². The third-order valence-corrected chi connectivity index (χ3v) is 3.97. The van der Waals surface area contributed by atoms with E-state index in [9.17, 15) is 8.78 Å². The Kier molecular flexibility index (Phi) is 4.21. The second kappa shape index (κ2) is 5.71. The molecule has 3 N–H and O–H groups in total. The normalized spacial score (nSPS) is 10.5. The summed E-state index contributed by atoms with van der Waals surface area (Å²) in [5.41, 5.74) is 5.25. The van der Waals surface area contributed by atoms with Crippen LogP contribution in [0.4, 0.5) is 8.78 Å². The van der Waals surface area contributed by atoms with Crippen LogP contribution in [0.15, 0.2) is 50.7 Å². The van der Waals surface area contributed by atoms with Gasteiger partial charge in [0.05, 0.1) is 4.90 Å². The summed E-state index contributed by atoms with van der Waals surface area (Å²) < 4.78 is 28.5. The van der Waals surface area contributed by atoms with Crippen LogP contribution < -0.4 is 5.73 Å². The Hall–Kier alpha value is -1.40. The molecule has 2 aromatic rings. The van der Waals surface area contributed by atoms with Crippen LogP contribution in [0.5, 0.6) is 0 Å². The lowest BCUT2D eigenvalue weighted by molar-refractivity contribution is 0.540. The van der Waals surface area contributed by atoms with E-state index in [1.807, 2.05) is 0 Å². The van der Waals surface area contributed by atoms with Gasteiger partial charge in [0, 0.05) is 14.9 Å². The van der Waals surface area contributed by atoms with Crippen LogP contribution in [0.1, 0.15) is 5.56 Å². The predicted octanol–water partition coefficient (Wildman–Crippen LogP) is 4.16. The molecule has 0 bridgehead atoms. The minimum atomic E-state index is -0.724. The number of nitrogens with two attached hydrogens (primary N) is 1. The first kappa shape index (κ1) is 14.0. The fourth-order valence-electron chi connectivity index (χ4n) is 1.43. The molecule has 0 spiro atoms. The minimum Gasteiger partial charge on any atom is -0.384 e. The van der Waals surface area contributed by atoms with Gasteiger partial charge < -0.3 is 5.73 Å². The van der Waals surface area contributed by atoms with Crippen LogP contribution in [-0.2, 0) is 0 Å². The number of rotatable bonds is 3. The maximum atomic E-state index is 13.8. The van der Waals surface area contributed by atoms with Crippen LogP contribution >= 0.6 is 27.7 Å². The average molecular weight is 343 g/mol. The summed E-state index contributed by atoms with van der Waals surface area (Å²) in [4.78, 5) is 0.615. The van der Waals surface area contributed by atoms with Gasteiger partial charge in [0.25, 0.3) is 0 Å². The molecule has 0 radical (unpaired) electrons. The monoisotopic (exact) mass is 342 g/mol. The van der Waals surface area contributed by atoms with Crippen molar-refractivity contribution < 1.29 is 8.78 Å². The fourth-order valence-corrected chi connectivity index (χ4v) is 2.52. The first-order valence-electron chi connectivity index (χ1n) is 5.24. The summed E-state index contributed by atoms with van der Waals surface area (Å²) in [6, 6.07) is 9.22. The molecule has 6 heteroatoms. The molecule has 0 aromatic heterocycles. The Balaban J connectivity index is 2.35. The second-order valence-corrected chi connectivity index (χ2v) is 5.74. The molecule has 2 nitrogen and oxygen atoms in total. The highest BCUT2D eigenvalue weighted by molar-refractivity contribution is 9.10. The Morgan fingerprint density at radius 1 is 1.11 bits per heavy atom. The van der Waals surface area contributed by atoms with Crippen molar-refractivity contribution in [1.29, 1.82) is 5.41 Å². The van der Waals surface area contributed by atoms with Crippen LogP contribution in [0.25, 0.3) is 0 Å². The summed E-state index contributed by atoms with van der Waals surface area (Å²) in [7, 11) is 0. The molecule has 2 aromatic carbocycles. The van der Waals surface area contributed by atoms with Gasteiger partial charge in [0.15, 0.2) is 0 Å². The molecule has 19 heavy (non-hydrogen) atoms. The van der Waals surface area contributed by atoms with Crippen molar-refractivity contribution in [3.05, 3.63) is 58.1 Å². The number of halogens is 3. The van der Waals surface area contributed by atoms with Crippen LogP contribution in [0.2, 0.25) is 0 Å². The lowest BCUT2D eigenvalue weighted by atomic mass is 10.2. The highest BCUT2D eigenvalue weighted by Crippen LogP contribution is 2.33. The van der Waals surface area contributed by atoms with Crippen molar-refractivity contribution in [2.45, 2.75) is 9.79 Å². The first-order chi connectivity index (χ1) is 8.97. The minimum absolute atomic E-state index is 0.0372. The Labute approximate surface area is 121 Å². The van der Waals surface area contributed by atoms with Gasteiger partial charge in [0.2, 0.25) is 0 Å². The fraction of sp³-hybridized carbons (Fsp3) is 0. The highest BCUT2D eigenvalue weighted by atomic mass is 79.9. The van der Waals surface area contributed by atoms with E-state index in [1.54, 1.807) is 24.3 Å². The van der Waals surface area contributed by atoms with Gasteiger partial charge in [-0.1, -0.05) is 27.7 Å². The molecule has 2 rings (SSSR count). The van der Waals surface area contributed by atoms with E-state index >= 15 is 0 Å². The first-order valence-corrected chi connectivity index (χ1v) is 6.85. The van der Waals surface area contributed by atoms with Gasteiger partial charge in [-0.25, -0.2) is 8.78 Å². The van der Waals surface area contributed by atoms with E-state index in [0.29, 0.717) is 0 Å². The van der Waals surface area contributed by atoms with Crippen molar-refractivity contribution in [2.75, 3.05) is 0 Å². The summed E-state index contributed by atoms with van der Waals surface area (Å²) in [6.07, 6.45) is 0. The number of nitrogen functional groups attached to an aromatic ring is 1. The summed E-state index contributed by atoms with van der Waals surface area (Å²) in [5.74, 6) is -1.81. The van der Waals surface area contributed by atoms with Gasteiger partial charge in [-0.05, 0) is 36.4 Å². The topological polar surface area (TPSA) is 49.9 Å². The van der Waals surface area contributed by atoms with Crippen molar-refractivity contribution in [3.63, 3.8) is 0 Å². The molecule has 0 aliphatic carbocycles. The molecule has 0 aliphatic rings. The molecule has 0 heterocycles. The number of amidine groups is 1. The maximum Gasteiger partial charge on any atom is 0.140 e. The van der Waals surface area contributed by atoms with E-state index in [-0.39, 0.29) is 16.3 Å². The Morgan fingerprint density at radius 2 is 1.63 bits per heavy atom. The molecular weight excluding hydrogens is 334 g/mol. The zero-order valence-corrected chi connectivity index (χ0v) is 12.0. The summed E-state index contributed by atoms with van der Waals surface area (Å²) in [5, 5.41) is 7.18. The average Bonchev–Trinajstić information content (AvgIpc) is 2.35. The SMILES string of the molecule is N=C(N)c1cc(F)c(Sc2ccc(Br)cc2)c(F)c1. The predicted molar refractivity (Wildman–Crippen MR) is 75.6 cm³/mol. The van der Waals surface area contributed by atoms with Crippen LogP contribution in [0, 0.1) is 17.0 Å². The molecule has 0 amide bonds. The number of benzene rings is 2. The number of hydrogen-bond acceptors (Lipinski definition) is 2. The van der Waals surface area contributed by atoms with E-state index in [0.717, 1.165) is 33.3 Å². The lowest BCUT2D eigenvalue weighted by Crippen LogP contribution is -2.12. The molecule has 98 valence electrons. The van der Waals surface area contributed by atoms with Gasteiger partial charge in [-0.15, -0.1) is 0 Å². The van der Waals surface area contributed by atoms with Gasteiger partial charge in [-0.3, -0.25) is 5.41 Å². The van der Waals surface area contributed by atoms with Crippen molar-refractivity contribution in [3.8, 4) is 0 Å². The standard InChI is InChI=1S/C13H9BrF2N2S/c14-8-1-3-9(4-2-8)19-12-10(15)5-7(13(17)18)6-11(12)16/h1-6H,(H3,17,18). The molecular formula is C13H9BrF2N2S. The van der Waals surface area contributed by atoms with Crippen molar-refractivity contribution >= 4 is 33.5 Å². The largest absolute Gasteiger partial charge is 0.384 e. The lowest BCUT2D eigenvalue weighted by Gasteiger charge is -2.07. The van der Waals surface area contributed by atoms with Crippen molar-refractivity contribution in [2.24, 2.45) is 5.73 Å². The summed E-state index contributed by atoms with van der Waals surface area (Å²) in [6.45, 7) is 0. The van der Waals surface area contributed by atoms with Crippen molar-refractivity contribution in [1.82, 2.24) is 0 Å².